The summed E-state index contributed by atoms with van der Waals surface area (Å²) in [7, 11) is 0. The quantitative estimate of drug-likeness (QED) is 0.797. The summed E-state index contributed by atoms with van der Waals surface area (Å²) in [5, 5.41) is 10.7. The minimum atomic E-state index is -0.787. The maximum atomic E-state index is 13.6. The van der Waals surface area contributed by atoms with Crippen LogP contribution >= 0.6 is 0 Å². The molecule has 1 aromatic carbocycles. The summed E-state index contributed by atoms with van der Waals surface area (Å²) in [6.07, 6.45) is 3.81. The molecule has 2 atom stereocenters. The Morgan fingerprint density at radius 2 is 2.25 bits per heavy atom. The van der Waals surface area contributed by atoms with Crippen LogP contribution in [0.15, 0.2) is 36.4 Å². The molecule has 0 spiro atoms. The van der Waals surface area contributed by atoms with Crippen molar-refractivity contribution < 1.29 is 14.2 Å². The first-order valence-electron chi connectivity index (χ1n) is 7.23. The van der Waals surface area contributed by atoms with Gasteiger partial charge in [-0.2, -0.15) is 0 Å². The van der Waals surface area contributed by atoms with E-state index < -0.39 is 5.60 Å². The Kier molecular flexibility index (Phi) is 4.95. The molecule has 2 rings (SSSR count). The third-order valence-electron chi connectivity index (χ3n) is 4.06. The van der Waals surface area contributed by atoms with Gasteiger partial charge in [0.1, 0.15) is 5.82 Å². The Morgan fingerprint density at radius 3 is 2.95 bits per heavy atom. The van der Waals surface area contributed by atoms with Crippen molar-refractivity contribution in [1.29, 1.82) is 0 Å². The van der Waals surface area contributed by atoms with Gasteiger partial charge < -0.3 is 9.84 Å². The van der Waals surface area contributed by atoms with Crippen LogP contribution in [0, 0.1) is 5.82 Å². The lowest BCUT2D eigenvalue weighted by Crippen LogP contribution is -2.39. The van der Waals surface area contributed by atoms with Gasteiger partial charge in [0.25, 0.3) is 0 Å². The lowest BCUT2D eigenvalue weighted by molar-refractivity contribution is -0.100. The van der Waals surface area contributed by atoms with E-state index in [0.29, 0.717) is 12.0 Å². The van der Waals surface area contributed by atoms with Crippen LogP contribution in [-0.4, -0.2) is 16.8 Å². The van der Waals surface area contributed by atoms with Gasteiger partial charge in [0.05, 0.1) is 18.3 Å². The highest BCUT2D eigenvalue weighted by Crippen LogP contribution is 2.37. The second-order valence-corrected chi connectivity index (χ2v) is 5.84. The molecule has 0 bridgehead atoms. The molecule has 1 aliphatic rings. The fourth-order valence-electron chi connectivity index (χ4n) is 2.78. The topological polar surface area (TPSA) is 29.5 Å². The van der Waals surface area contributed by atoms with E-state index in [1.165, 1.54) is 6.07 Å². The molecule has 1 aromatic rings. The summed E-state index contributed by atoms with van der Waals surface area (Å²) in [5.41, 5.74) is 0.823. The Balaban J connectivity index is 1.94. The van der Waals surface area contributed by atoms with Gasteiger partial charge in [-0.05, 0) is 45.1 Å². The molecule has 0 aliphatic heterocycles. The van der Waals surface area contributed by atoms with Crippen LogP contribution < -0.4 is 0 Å². The Morgan fingerprint density at radius 1 is 1.50 bits per heavy atom. The third-order valence-corrected chi connectivity index (χ3v) is 4.06. The summed E-state index contributed by atoms with van der Waals surface area (Å²) in [6.45, 7) is 6.06. The van der Waals surface area contributed by atoms with Crippen molar-refractivity contribution >= 4 is 0 Å². The highest BCUT2D eigenvalue weighted by Gasteiger charge is 2.41. The number of hydrogen-bond donors (Lipinski definition) is 1. The molecule has 3 heteroatoms. The minimum absolute atomic E-state index is 0.207. The van der Waals surface area contributed by atoms with E-state index in [1.54, 1.807) is 18.2 Å². The molecule has 110 valence electrons. The molecule has 2 nitrogen and oxygen atoms in total. The van der Waals surface area contributed by atoms with E-state index in [1.807, 2.05) is 6.92 Å². The van der Waals surface area contributed by atoms with Crippen molar-refractivity contribution in [3.05, 3.63) is 47.8 Å². The van der Waals surface area contributed by atoms with Crippen LogP contribution in [0.4, 0.5) is 4.39 Å². The van der Waals surface area contributed by atoms with Crippen LogP contribution in [0.25, 0.3) is 0 Å². The molecular weight excluding hydrogens is 255 g/mol. The summed E-state index contributed by atoms with van der Waals surface area (Å²) in [4.78, 5) is 0. The molecule has 0 aromatic heterocycles. The number of aliphatic hydroxyl groups is 1. The number of ether oxygens (including phenoxy) is 1. The maximum absolute atomic E-state index is 13.6. The van der Waals surface area contributed by atoms with Crippen LogP contribution in [0.2, 0.25) is 0 Å². The van der Waals surface area contributed by atoms with E-state index in [4.69, 9.17) is 4.74 Å². The molecule has 0 saturated heterocycles. The number of benzene rings is 1. The molecule has 1 fully saturated rings. The van der Waals surface area contributed by atoms with Crippen molar-refractivity contribution in [2.24, 2.45) is 0 Å². The van der Waals surface area contributed by atoms with E-state index in [9.17, 15) is 9.50 Å². The standard InChI is InChI=1S/C17H23FO2/c1-13(2)9-11-17(19)10-5-8-16(17)20-12-14-6-3-4-7-15(14)18/h3-4,6-7,16,19H,1,5,8-12H2,2H3. The van der Waals surface area contributed by atoms with Gasteiger partial charge in [-0.3, -0.25) is 0 Å². The van der Waals surface area contributed by atoms with Crippen LogP contribution in [0.1, 0.15) is 44.6 Å². The van der Waals surface area contributed by atoms with Gasteiger partial charge in [-0.1, -0.05) is 23.8 Å². The molecule has 1 aliphatic carbocycles. The van der Waals surface area contributed by atoms with Gasteiger partial charge in [-0.15, -0.1) is 6.58 Å². The van der Waals surface area contributed by atoms with Crippen LogP contribution in [-0.2, 0) is 11.3 Å². The van der Waals surface area contributed by atoms with Crippen LogP contribution in [0.5, 0.6) is 0 Å². The Labute approximate surface area is 120 Å². The summed E-state index contributed by atoms with van der Waals surface area (Å²) in [5.74, 6) is -0.254. The van der Waals surface area contributed by atoms with Gasteiger partial charge in [-0.25, -0.2) is 4.39 Å². The lowest BCUT2D eigenvalue weighted by atomic mass is 9.92. The molecule has 1 N–H and O–H groups in total. The number of allylic oxidation sites excluding steroid dienone is 1. The molecule has 0 amide bonds. The zero-order valence-electron chi connectivity index (χ0n) is 12.1. The first-order valence-corrected chi connectivity index (χ1v) is 7.23. The predicted molar refractivity (Wildman–Crippen MR) is 77.8 cm³/mol. The average Bonchev–Trinajstić information content (AvgIpc) is 2.78. The molecule has 1 saturated carbocycles. The minimum Gasteiger partial charge on any atom is -0.387 e. The number of hydrogen-bond acceptors (Lipinski definition) is 2. The summed E-state index contributed by atoms with van der Waals surface area (Å²) in [6, 6.07) is 6.61. The van der Waals surface area contributed by atoms with E-state index >= 15 is 0 Å². The second kappa shape index (κ2) is 6.51. The first kappa shape index (κ1) is 15.2. The van der Waals surface area contributed by atoms with E-state index in [0.717, 1.165) is 31.3 Å². The normalized spacial score (nSPS) is 25.9. The van der Waals surface area contributed by atoms with Gasteiger partial charge in [0.2, 0.25) is 0 Å². The number of halogens is 1. The lowest BCUT2D eigenvalue weighted by Gasteiger charge is -2.30. The van der Waals surface area contributed by atoms with E-state index in [2.05, 4.69) is 6.58 Å². The van der Waals surface area contributed by atoms with Crippen molar-refractivity contribution in [1.82, 2.24) is 0 Å². The SMILES string of the molecule is C=C(C)CCC1(O)CCCC1OCc1ccccc1F. The Hall–Kier alpha value is -1.19. The zero-order chi connectivity index (χ0) is 14.6. The molecule has 0 heterocycles. The van der Waals surface area contributed by atoms with Crippen molar-refractivity contribution in [2.45, 2.75) is 57.3 Å². The fourth-order valence-corrected chi connectivity index (χ4v) is 2.78. The van der Waals surface area contributed by atoms with Crippen LogP contribution in [0.3, 0.4) is 0 Å². The fraction of sp³-hybridized carbons (Fsp3) is 0.529. The second-order valence-electron chi connectivity index (χ2n) is 5.84. The Bertz CT molecular complexity index is 472. The van der Waals surface area contributed by atoms with E-state index in [-0.39, 0.29) is 18.5 Å². The maximum Gasteiger partial charge on any atom is 0.128 e. The number of rotatable bonds is 6. The monoisotopic (exact) mass is 278 g/mol. The first-order chi connectivity index (χ1) is 9.51. The highest BCUT2D eigenvalue weighted by atomic mass is 19.1. The van der Waals surface area contributed by atoms with Gasteiger partial charge in [0, 0.05) is 5.56 Å². The molecule has 0 radical (unpaired) electrons. The van der Waals surface area contributed by atoms with Gasteiger partial charge in [0.15, 0.2) is 0 Å². The molecule has 2 unspecified atom stereocenters. The summed E-state index contributed by atoms with van der Waals surface area (Å²) < 4.78 is 19.4. The van der Waals surface area contributed by atoms with Crippen molar-refractivity contribution in [3.63, 3.8) is 0 Å². The highest BCUT2D eigenvalue weighted by molar-refractivity contribution is 5.16. The zero-order valence-corrected chi connectivity index (χ0v) is 12.1. The van der Waals surface area contributed by atoms with Crippen molar-refractivity contribution in [3.8, 4) is 0 Å². The third kappa shape index (κ3) is 3.68. The molecule has 20 heavy (non-hydrogen) atoms. The van der Waals surface area contributed by atoms with Gasteiger partial charge >= 0.3 is 0 Å². The summed E-state index contributed by atoms with van der Waals surface area (Å²) >= 11 is 0. The molecular formula is C17H23FO2. The average molecular weight is 278 g/mol. The smallest absolute Gasteiger partial charge is 0.128 e. The van der Waals surface area contributed by atoms with Crippen molar-refractivity contribution in [2.75, 3.05) is 0 Å². The predicted octanol–water partition coefficient (Wildman–Crippen LogP) is 3.98. The largest absolute Gasteiger partial charge is 0.387 e.